The molecule has 1 aliphatic heterocycles. The fourth-order valence-corrected chi connectivity index (χ4v) is 3.69. The Morgan fingerprint density at radius 2 is 1.94 bits per heavy atom. The van der Waals surface area contributed by atoms with Gasteiger partial charge in [0.15, 0.2) is 17.3 Å². The lowest BCUT2D eigenvalue weighted by Crippen LogP contribution is -2.36. The molecule has 1 unspecified atom stereocenters. The monoisotopic (exact) mass is 455 g/mol. The lowest BCUT2D eigenvalue weighted by molar-refractivity contribution is -0.137. The Morgan fingerprint density at radius 1 is 1.18 bits per heavy atom. The van der Waals surface area contributed by atoms with Crippen molar-refractivity contribution in [3.8, 4) is 17.2 Å². The number of carboxylic acid groups (broad SMARTS) is 1. The van der Waals surface area contributed by atoms with Crippen molar-refractivity contribution >= 4 is 17.7 Å². The fourth-order valence-electron chi connectivity index (χ4n) is 3.69. The number of carboxylic acids is 1. The summed E-state index contributed by atoms with van der Waals surface area (Å²) in [5.41, 5.74) is 0.545. The van der Waals surface area contributed by atoms with E-state index in [-0.39, 0.29) is 24.2 Å². The van der Waals surface area contributed by atoms with Crippen LogP contribution in [0.5, 0.6) is 17.2 Å². The zero-order valence-corrected chi connectivity index (χ0v) is 19.3. The van der Waals surface area contributed by atoms with Gasteiger partial charge < -0.3 is 24.6 Å². The number of carbonyl (C=O) groups is 3. The average molecular weight is 456 g/mol. The molecule has 8 heteroatoms. The molecule has 0 saturated heterocycles. The smallest absolute Gasteiger partial charge is 0.305 e. The Bertz CT molecular complexity index is 1060. The van der Waals surface area contributed by atoms with Gasteiger partial charge in [-0.25, -0.2) is 0 Å². The van der Waals surface area contributed by atoms with Gasteiger partial charge in [0.1, 0.15) is 11.4 Å². The average Bonchev–Trinajstić information content (AvgIpc) is 2.75. The molecular weight excluding hydrogens is 426 g/mol. The lowest BCUT2D eigenvalue weighted by atomic mass is 9.92. The van der Waals surface area contributed by atoms with Crippen molar-refractivity contribution in [2.45, 2.75) is 51.7 Å². The van der Waals surface area contributed by atoms with E-state index in [0.29, 0.717) is 35.0 Å². The van der Waals surface area contributed by atoms with Crippen LogP contribution in [-0.4, -0.2) is 42.1 Å². The Labute approximate surface area is 192 Å². The minimum Gasteiger partial charge on any atom is -0.493 e. The summed E-state index contributed by atoms with van der Waals surface area (Å²) in [7, 11) is 1.50. The predicted octanol–water partition coefficient (Wildman–Crippen LogP) is 4.17. The van der Waals surface area contributed by atoms with Crippen molar-refractivity contribution in [2.75, 3.05) is 13.7 Å². The molecule has 1 heterocycles. The van der Waals surface area contributed by atoms with Crippen LogP contribution in [-0.2, 0) is 4.79 Å². The molecule has 3 rings (SSSR count). The van der Waals surface area contributed by atoms with Gasteiger partial charge in [-0.15, -0.1) is 0 Å². The fraction of sp³-hybridized carbons (Fsp3) is 0.400. The van der Waals surface area contributed by atoms with Crippen LogP contribution < -0.4 is 19.5 Å². The first-order valence-corrected chi connectivity index (χ1v) is 10.8. The number of methoxy groups -OCH3 is 1. The Kier molecular flexibility index (Phi) is 7.26. The highest BCUT2D eigenvalue weighted by Crippen LogP contribution is 2.34. The number of fused-ring (bicyclic) bond motifs is 1. The maximum atomic E-state index is 13.0. The van der Waals surface area contributed by atoms with Crippen LogP contribution in [0.25, 0.3) is 0 Å². The molecule has 0 saturated carbocycles. The van der Waals surface area contributed by atoms with Crippen molar-refractivity contribution < 1.29 is 33.7 Å². The molecule has 2 aromatic rings. The summed E-state index contributed by atoms with van der Waals surface area (Å²) < 4.78 is 16.9. The first kappa shape index (κ1) is 24.1. The summed E-state index contributed by atoms with van der Waals surface area (Å²) in [6.07, 6.45) is 0.707. The highest BCUT2D eigenvalue weighted by atomic mass is 16.5. The van der Waals surface area contributed by atoms with Crippen molar-refractivity contribution in [2.24, 2.45) is 0 Å². The Morgan fingerprint density at radius 3 is 2.61 bits per heavy atom. The van der Waals surface area contributed by atoms with E-state index in [1.807, 2.05) is 20.8 Å². The van der Waals surface area contributed by atoms with E-state index < -0.39 is 23.5 Å². The van der Waals surface area contributed by atoms with Gasteiger partial charge in [0.25, 0.3) is 5.91 Å². The number of Topliss-reactive ketones (excluding diaryl/α,β-unsaturated/α-hetero) is 1. The molecule has 33 heavy (non-hydrogen) atoms. The number of amides is 1. The van der Waals surface area contributed by atoms with Crippen molar-refractivity contribution in [3.05, 3.63) is 53.1 Å². The number of rotatable bonds is 9. The molecule has 0 aliphatic carbocycles. The van der Waals surface area contributed by atoms with Crippen LogP contribution in [0.4, 0.5) is 0 Å². The summed E-state index contributed by atoms with van der Waals surface area (Å²) >= 11 is 0. The first-order valence-electron chi connectivity index (χ1n) is 10.8. The molecule has 0 fully saturated rings. The van der Waals surface area contributed by atoms with Crippen LogP contribution in [0.3, 0.4) is 0 Å². The lowest BCUT2D eigenvalue weighted by Gasteiger charge is -2.31. The Balaban J connectivity index is 1.85. The Hall–Kier alpha value is -3.55. The van der Waals surface area contributed by atoms with Gasteiger partial charge in [-0.05, 0) is 56.2 Å². The molecule has 1 atom stereocenters. The van der Waals surface area contributed by atoms with Gasteiger partial charge in [-0.3, -0.25) is 14.4 Å². The van der Waals surface area contributed by atoms with Gasteiger partial charge in [-0.1, -0.05) is 13.0 Å². The molecule has 176 valence electrons. The zero-order chi connectivity index (χ0) is 24.2. The highest BCUT2D eigenvalue weighted by Gasteiger charge is 2.33. The van der Waals surface area contributed by atoms with Crippen LogP contribution in [0.2, 0.25) is 0 Å². The molecule has 0 bridgehead atoms. The topological polar surface area (TPSA) is 111 Å². The summed E-state index contributed by atoms with van der Waals surface area (Å²) in [6.45, 7) is 6.17. The number of nitrogens with one attached hydrogen (secondary N) is 1. The van der Waals surface area contributed by atoms with Gasteiger partial charge in [0, 0.05) is 5.56 Å². The van der Waals surface area contributed by atoms with E-state index >= 15 is 0 Å². The molecule has 2 aromatic carbocycles. The second-order valence-corrected chi connectivity index (χ2v) is 8.56. The molecule has 1 amide bonds. The largest absolute Gasteiger partial charge is 0.493 e. The molecule has 2 N–H and O–H groups in total. The minimum absolute atomic E-state index is 0.106. The zero-order valence-electron chi connectivity index (χ0n) is 19.3. The van der Waals surface area contributed by atoms with Gasteiger partial charge in [0.2, 0.25) is 0 Å². The van der Waals surface area contributed by atoms with Crippen LogP contribution in [0.15, 0.2) is 36.4 Å². The number of benzene rings is 2. The van der Waals surface area contributed by atoms with E-state index in [1.54, 1.807) is 30.3 Å². The van der Waals surface area contributed by atoms with E-state index in [4.69, 9.17) is 14.2 Å². The van der Waals surface area contributed by atoms with Gasteiger partial charge in [0.05, 0.1) is 38.2 Å². The number of ketones is 1. The van der Waals surface area contributed by atoms with Crippen molar-refractivity contribution in [1.82, 2.24) is 5.32 Å². The molecule has 8 nitrogen and oxygen atoms in total. The third kappa shape index (κ3) is 5.83. The number of hydrogen-bond acceptors (Lipinski definition) is 6. The third-order valence-corrected chi connectivity index (χ3v) is 5.25. The summed E-state index contributed by atoms with van der Waals surface area (Å²) in [5.74, 6) is -0.245. The highest BCUT2D eigenvalue weighted by molar-refractivity contribution is 6.03. The van der Waals surface area contributed by atoms with Gasteiger partial charge in [-0.2, -0.15) is 0 Å². The number of aliphatic carboxylic acids is 1. The molecule has 0 spiro atoms. The van der Waals surface area contributed by atoms with Crippen LogP contribution in [0, 0.1) is 0 Å². The molecule has 1 aliphatic rings. The van der Waals surface area contributed by atoms with E-state index in [2.05, 4.69) is 5.32 Å². The predicted molar refractivity (Wildman–Crippen MR) is 121 cm³/mol. The van der Waals surface area contributed by atoms with Crippen LogP contribution in [0.1, 0.15) is 72.4 Å². The van der Waals surface area contributed by atoms with E-state index in [0.717, 1.165) is 6.42 Å². The summed E-state index contributed by atoms with van der Waals surface area (Å²) in [4.78, 5) is 37.0. The van der Waals surface area contributed by atoms with E-state index in [1.165, 1.54) is 13.2 Å². The standard InChI is InChI=1S/C25H29NO7/c1-5-10-32-21-9-6-15(12-22(21)31-4)18(13-23(28)29)26-24(30)16-7-8-20-17(11-16)19(27)14-25(2,3)33-20/h6-9,11-12,18H,5,10,13-14H2,1-4H3,(H,26,30)(H,28,29). The maximum Gasteiger partial charge on any atom is 0.305 e. The molecule has 0 aromatic heterocycles. The SMILES string of the molecule is CCCOc1ccc(C(CC(=O)O)NC(=O)c2ccc3c(c2)C(=O)CC(C)(C)O3)cc1OC. The minimum atomic E-state index is -1.07. The normalized spacial score (nSPS) is 15.1. The van der Waals surface area contributed by atoms with Gasteiger partial charge >= 0.3 is 5.97 Å². The summed E-state index contributed by atoms with van der Waals surface area (Å²) in [6, 6.07) is 8.88. The van der Waals surface area contributed by atoms with Crippen molar-refractivity contribution in [1.29, 1.82) is 0 Å². The number of ether oxygens (including phenoxy) is 3. The number of hydrogen-bond donors (Lipinski definition) is 2. The maximum absolute atomic E-state index is 13.0. The number of carbonyl (C=O) groups excluding carboxylic acids is 2. The second-order valence-electron chi connectivity index (χ2n) is 8.56. The quantitative estimate of drug-likeness (QED) is 0.584. The molecular formula is C25H29NO7. The third-order valence-electron chi connectivity index (χ3n) is 5.25. The van der Waals surface area contributed by atoms with Crippen molar-refractivity contribution in [3.63, 3.8) is 0 Å². The summed E-state index contributed by atoms with van der Waals surface area (Å²) in [5, 5.41) is 12.2. The second kappa shape index (κ2) is 9.94. The molecule has 0 radical (unpaired) electrons. The first-order chi connectivity index (χ1) is 15.6. The van der Waals surface area contributed by atoms with Crippen LogP contribution >= 0.6 is 0 Å². The van der Waals surface area contributed by atoms with E-state index in [9.17, 15) is 19.5 Å².